The summed E-state index contributed by atoms with van der Waals surface area (Å²) in [6.45, 7) is 0.813. The number of benzene rings is 3. The molecule has 0 fully saturated rings. The second kappa shape index (κ2) is 7.99. The van der Waals surface area contributed by atoms with E-state index in [1.165, 1.54) is 22.0 Å². The molecule has 148 valence electrons. The maximum Gasteiger partial charge on any atom is 0.257 e. The van der Waals surface area contributed by atoms with Gasteiger partial charge in [0.1, 0.15) is 0 Å². The Morgan fingerprint density at radius 1 is 0.897 bits per heavy atom. The van der Waals surface area contributed by atoms with Crippen molar-refractivity contribution in [3.8, 4) is 0 Å². The van der Waals surface area contributed by atoms with Crippen LogP contribution in [0.2, 0.25) is 5.02 Å². The zero-order valence-corrected chi connectivity index (χ0v) is 17.1. The quantitative estimate of drug-likeness (QED) is 0.674. The molecule has 0 atom stereocenters. The molecule has 1 N–H and O–H groups in total. The lowest BCUT2D eigenvalue weighted by Gasteiger charge is -2.28. The molecule has 0 aliphatic carbocycles. The topological polar surface area (TPSA) is 66.5 Å². The minimum absolute atomic E-state index is 0.202. The molecule has 29 heavy (non-hydrogen) atoms. The lowest BCUT2D eigenvalue weighted by molar-refractivity contribution is 0.102. The third-order valence-electron chi connectivity index (χ3n) is 4.96. The van der Waals surface area contributed by atoms with Crippen LogP contribution < -0.4 is 5.32 Å². The molecule has 7 heteroatoms. The Hall–Kier alpha value is -2.67. The fourth-order valence-electron chi connectivity index (χ4n) is 3.38. The predicted molar refractivity (Wildman–Crippen MR) is 114 cm³/mol. The van der Waals surface area contributed by atoms with E-state index >= 15 is 0 Å². The number of fused-ring (bicyclic) bond motifs is 1. The van der Waals surface area contributed by atoms with Crippen molar-refractivity contribution in [1.82, 2.24) is 4.31 Å². The van der Waals surface area contributed by atoms with Gasteiger partial charge in [-0.2, -0.15) is 4.31 Å². The van der Waals surface area contributed by atoms with E-state index in [1.807, 2.05) is 24.3 Å². The Labute approximate surface area is 175 Å². The van der Waals surface area contributed by atoms with Crippen LogP contribution in [0.4, 0.5) is 5.69 Å². The van der Waals surface area contributed by atoms with Crippen LogP contribution >= 0.6 is 11.6 Å². The van der Waals surface area contributed by atoms with Crippen LogP contribution in [-0.4, -0.2) is 25.2 Å². The largest absolute Gasteiger partial charge is 0.322 e. The summed E-state index contributed by atoms with van der Waals surface area (Å²) >= 11 is 6.05. The Kier molecular flexibility index (Phi) is 5.41. The SMILES string of the molecule is O=C(Nc1ccc(S(=O)(=O)N2CCc3ccccc3C2)cc1)c1ccccc1Cl. The summed E-state index contributed by atoms with van der Waals surface area (Å²) in [5.74, 6) is -0.348. The van der Waals surface area contributed by atoms with Gasteiger partial charge in [-0.3, -0.25) is 4.79 Å². The number of carbonyl (C=O) groups excluding carboxylic acids is 1. The van der Waals surface area contributed by atoms with E-state index in [0.29, 0.717) is 35.8 Å². The molecule has 4 rings (SSSR count). The van der Waals surface area contributed by atoms with E-state index in [-0.39, 0.29) is 10.8 Å². The van der Waals surface area contributed by atoms with Gasteiger partial charge in [0.2, 0.25) is 10.0 Å². The molecule has 1 amide bonds. The maximum absolute atomic E-state index is 13.0. The van der Waals surface area contributed by atoms with E-state index in [9.17, 15) is 13.2 Å². The number of rotatable bonds is 4. The number of nitrogens with one attached hydrogen (secondary N) is 1. The van der Waals surface area contributed by atoms with Gasteiger partial charge in [0.15, 0.2) is 0 Å². The summed E-state index contributed by atoms with van der Waals surface area (Å²) in [5, 5.41) is 3.09. The molecule has 0 aromatic heterocycles. The van der Waals surface area contributed by atoms with Crippen molar-refractivity contribution in [1.29, 1.82) is 0 Å². The smallest absolute Gasteiger partial charge is 0.257 e. The first-order chi connectivity index (χ1) is 13.9. The van der Waals surface area contributed by atoms with Crippen LogP contribution in [0, 0.1) is 0 Å². The predicted octanol–water partition coefficient (Wildman–Crippen LogP) is 4.34. The number of halogens is 1. The van der Waals surface area contributed by atoms with Crippen LogP contribution in [0.5, 0.6) is 0 Å². The number of hydrogen-bond donors (Lipinski definition) is 1. The molecule has 0 unspecified atom stereocenters. The Morgan fingerprint density at radius 3 is 2.28 bits per heavy atom. The molecular weight excluding hydrogens is 408 g/mol. The monoisotopic (exact) mass is 426 g/mol. The maximum atomic E-state index is 13.0. The molecule has 3 aromatic rings. The van der Waals surface area contributed by atoms with Gasteiger partial charge in [-0.15, -0.1) is 0 Å². The van der Waals surface area contributed by atoms with Gasteiger partial charge in [-0.05, 0) is 53.9 Å². The normalized spacial score (nSPS) is 14.2. The van der Waals surface area contributed by atoms with Crippen LogP contribution in [0.1, 0.15) is 21.5 Å². The molecule has 0 spiro atoms. The van der Waals surface area contributed by atoms with Gasteiger partial charge in [-0.25, -0.2) is 8.42 Å². The van der Waals surface area contributed by atoms with Gasteiger partial charge >= 0.3 is 0 Å². The fourth-order valence-corrected chi connectivity index (χ4v) is 5.02. The molecule has 1 aliphatic rings. The number of amides is 1. The highest BCUT2D eigenvalue weighted by Crippen LogP contribution is 2.26. The first-order valence-corrected chi connectivity index (χ1v) is 11.0. The molecule has 0 saturated heterocycles. The van der Waals surface area contributed by atoms with Gasteiger partial charge in [0, 0.05) is 18.8 Å². The number of carbonyl (C=O) groups is 1. The lowest BCUT2D eigenvalue weighted by atomic mass is 10.0. The molecule has 1 aliphatic heterocycles. The van der Waals surface area contributed by atoms with Gasteiger partial charge in [0.05, 0.1) is 15.5 Å². The van der Waals surface area contributed by atoms with Gasteiger partial charge < -0.3 is 5.32 Å². The Balaban J connectivity index is 1.50. The number of sulfonamides is 1. The van der Waals surface area contributed by atoms with Crippen molar-refractivity contribution in [3.63, 3.8) is 0 Å². The molecule has 1 heterocycles. The molecule has 5 nitrogen and oxygen atoms in total. The summed E-state index contributed by atoms with van der Waals surface area (Å²) in [4.78, 5) is 12.6. The Morgan fingerprint density at radius 2 is 1.55 bits per heavy atom. The average molecular weight is 427 g/mol. The third kappa shape index (κ3) is 4.05. The summed E-state index contributed by atoms with van der Waals surface area (Å²) in [5.41, 5.74) is 3.08. The molecule has 0 bridgehead atoms. The summed E-state index contributed by atoms with van der Waals surface area (Å²) < 4.78 is 27.5. The summed E-state index contributed by atoms with van der Waals surface area (Å²) in [7, 11) is -3.61. The number of hydrogen-bond acceptors (Lipinski definition) is 3. The second-order valence-corrected chi connectivity index (χ2v) is 9.16. The van der Waals surface area contributed by atoms with Crippen molar-refractivity contribution in [3.05, 3.63) is 94.5 Å². The lowest BCUT2D eigenvalue weighted by Crippen LogP contribution is -2.35. The highest BCUT2D eigenvalue weighted by atomic mass is 35.5. The van der Waals surface area contributed by atoms with E-state index in [2.05, 4.69) is 5.32 Å². The van der Waals surface area contributed by atoms with Crippen molar-refractivity contribution >= 4 is 33.2 Å². The molecule has 0 radical (unpaired) electrons. The number of nitrogens with zero attached hydrogens (tertiary/aromatic N) is 1. The minimum Gasteiger partial charge on any atom is -0.322 e. The zero-order chi connectivity index (χ0) is 20.4. The van der Waals surface area contributed by atoms with E-state index in [1.54, 1.807) is 36.4 Å². The van der Waals surface area contributed by atoms with Crippen molar-refractivity contribution in [2.75, 3.05) is 11.9 Å². The standard InChI is InChI=1S/C22H19ClN2O3S/c23-21-8-4-3-7-20(21)22(26)24-18-9-11-19(12-10-18)29(27,28)25-14-13-16-5-1-2-6-17(16)15-25/h1-12H,13-15H2,(H,24,26). The van der Waals surface area contributed by atoms with E-state index in [0.717, 1.165) is 5.56 Å². The average Bonchev–Trinajstić information content (AvgIpc) is 2.74. The Bertz CT molecular complexity index is 1160. The molecule has 0 saturated carbocycles. The third-order valence-corrected chi connectivity index (χ3v) is 7.15. The minimum atomic E-state index is -3.61. The summed E-state index contributed by atoms with van der Waals surface area (Å²) in [6, 6.07) is 20.8. The highest BCUT2D eigenvalue weighted by molar-refractivity contribution is 7.89. The number of anilines is 1. The van der Waals surface area contributed by atoms with Crippen molar-refractivity contribution in [2.45, 2.75) is 17.9 Å². The second-order valence-electron chi connectivity index (χ2n) is 6.82. The summed E-state index contributed by atoms with van der Waals surface area (Å²) in [6.07, 6.45) is 0.696. The van der Waals surface area contributed by atoms with Crippen LogP contribution in [-0.2, 0) is 23.0 Å². The first kappa shape index (κ1) is 19.6. The van der Waals surface area contributed by atoms with Crippen LogP contribution in [0.3, 0.4) is 0 Å². The zero-order valence-electron chi connectivity index (χ0n) is 15.5. The molecular formula is C22H19ClN2O3S. The van der Waals surface area contributed by atoms with Crippen LogP contribution in [0.25, 0.3) is 0 Å². The van der Waals surface area contributed by atoms with E-state index < -0.39 is 10.0 Å². The highest BCUT2D eigenvalue weighted by Gasteiger charge is 2.28. The van der Waals surface area contributed by atoms with Gasteiger partial charge in [-0.1, -0.05) is 48.0 Å². The first-order valence-electron chi connectivity index (χ1n) is 9.18. The van der Waals surface area contributed by atoms with Gasteiger partial charge in [0.25, 0.3) is 5.91 Å². The fraction of sp³-hybridized carbons (Fsp3) is 0.136. The van der Waals surface area contributed by atoms with Crippen molar-refractivity contribution < 1.29 is 13.2 Å². The van der Waals surface area contributed by atoms with E-state index in [4.69, 9.17) is 11.6 Å². The molecule has 3 aromatic carbocycles. The van der Waals surface area contributed by atoms with Crippen molar-refractivity contribution in [2.24, 2.45) is 0 Å². The van der Waals surface area contributed by atoms with Crippen LogP contribution in [0.15, 0.2) is 77.7 Å².